The molecule has 1 amide bonds. The Hall–Kier alpha value is -2.80. The lowest BCUT2D eigenvalue weighted by molar-refractivity contribution is -0.141. The van der Waals surface area contributed by atoms with Crippen molar-refractivity contribution in [3.05, 3.63) is 99.0 Å². The molecule has 0 radical (unpaired) electrons. The quantitative estimate of drug-likeness (QED) is 0.304. The summed E-state index contributed by atoms with van der Waals surface area (Å²) in [5.74, 6) is 3.18. The molecule has 0 aromatic heterocycles. The van der Waals surface area contributed by atoms with Crippen molar-refractivity contribution in [2.45, 2.75) is 24.7 Å². The van der Waals surface area contributed by atoms with Gasteiger partial charge in [0.05, 0.1) is 25.3 Å². The predicted octanol–water partition coefficient (Wildman–Crippen LogP) is 5.41. The molecule has 2 saturated heterocycles. The fourth-order valence-corrected chi connectivity index (χ4v) is 6.04. The van der Waals surface area contributed by atoms with Crippen LogP contribution >= 0.6 is 35.6 Å². The van der Waals surface area contributed by atoms with Gasteiger partial charge in [-0.3, -0.25) is 20.3 Å². The van der Waals surface area contributed by atoms with Crippen molar-refractivity contribution in [2.24, 2.45) is 0 Å². The molecular formula is C33H37Cl3N4O3. The van der Waals surface area contributed by atoms with Crippen molar-refractivity contribution >= 4 is 41.5 Å². The number of ether oxygens (including phenoxy) is 2. The molecule has 0 saturated carbocycles. The summed E-state index contributed by atoms with van der Waals surface area (Å²) < 4.78 is 11.4. The predicted molar refractivity (Wildman–Crippen MR) is 174 cm³/mol. The summed E-state index contributed by atoms with van der Waals surface area (Å²) in [7, 11) is 1.70. The van der Waals surface area contributed by atoms with Crippen LogP contribution in [0.4, 0.5) is 0 Å². The molecule has 3 aromatic rings. The molecule has 2 heterocycles. The van der Waals surface area contributed by atoms with Crippen LogP contribution in [0.5, 0.6) is 5.75 Å². The zero-order valence-electron chi connectivity index (χ0n) is 24.3. The summed E-state index contributed by atoms with van der Waals surface area (Å²) in [6, 6.07) is 20.4. The molecule has 2 fully saturated rings. The minimum Gasteiger partial charge on any atom is -0.493 e. The maximum Gasteiger partial charge on any atom is 0.262 e. The van der Waals surface area contributed by atoms with E-state index in [0.717, 1.165) is 30.8 Å². The molecule has 228 valence electrons. The SMILES string of the molecule is C#Cc1ccc(C2(C(=O)N3CCN(CCOC)CC3)N[C@H](c3ccc(Cl)cc3)[C@H](c3ccc(Cl)cc3)N2)c(OCC)c1.Cl. The number of nitrogens with one attached hydrogen (secondary N) is 2. The van der Waals surface area contributed by atoms with Gasteiger partial charge >= 0.3 is 0 Å². The van der Waals surface area contributed by atoms with Crippen molar-refractivity contribution in [3.63, 3.8) is 0 Å². The number of terminal acetylenes is 1. The molecule has 3 aromatic carbocycles. The van der Waals surface area contributed by atoms with E-state index in [9.17, 15) is 4.79 Å². The Balaban J connectivity index is 0.00000423. The molecule has 7 nitrogen and oxygen atoms in total. The number of carbonyl (C=O) groups excluding carboxylic acids is 1. The molecule has 1 unspecified atom stereocenters. The lowest BCUT2D eigenvalue weighted by atomic mass is 9.95. The lowest BCUT2D eigenvalue weighted by Crippen LogP contribution is -2.62. The monoisotopic (exact) mass is 642 g/mol. The zero-order chi connectivity index (χ0) is 29.7. The van der Waals surface area contributed by atoms with E-state index in [1.807, 2.05) is 78.6 Å². The fourth-order valence-electron chi connectivity index (χ4n) is 5.79. The zero-order valence-corrected chi connectivity index (χ0v) is 26.6. The van der Waals surface area contributed by atoms with Crippen molar-refractivity contribution in [1.29, 1.82) is 0 Å². The van der Waals surface area contributed by atoms with E-state index >= 15 is 0 Å². The van der Waals surface area contributed by atoms with Crippen LogP contribution in [-0.4, -0.2) is 68.8 Å². The average molecular weight is 644 g/mol. The van der Waals surface area contributed by atoms with Crippen molar-refractivity contribution in [1.82, 2.24) is 20.4 Å². The second-order valence-corrected chi connectivity index (χ2v) is 11.4. The van der Waals surface area contributed by atoms with Gasteiger partial charge in [0.25, 0.3) is 5.91 Å². The number of nitrogens with zero attached hydrogens (tertiary/aromatic N) is 2. The highest BCUT2D eigenvalue weighted by atomic mass is 35.5. The molecule has 10 heteroatoms. The van der Waals surface area contributed by atoms with Crippen LogP contribution in [-0.2, 0) is 15.2 Å². The van der Waals surface area contributed by atoms with E-state index in [-0.39, 0.29) is 30.4 Å². The van der Waals surface area contributed by atoms with Gasteiger partial charge in [0.15, 0.2) is 5.66 Å². The van der Waals surface area contributed by atoms with Gasteiger partial charge in [0.2, 0.25) is 0 Å². The first-order chi connectivity index (χ1) is 20.4. The molecule has 0 aliphatic carbocycles. The third-order valence-corrected chi connectivity index (χ3v) is 8.48. The largest absolute Gasteiger partial charge is 0.493 e. The minimum atomic E-state index is -1.30. The highest BCUT2D eigenvalue weighted by Gasteiger charge is 2.54. The first-order valence-electron chi connectivity index (χ1n) is 14.2. The van der Waals surface area contributed by atoms with Crippen LogP contribution in [0.15, 0.2) is 66.7 Å². The molecule has 2 aliphatic heterocycles. The lowest BCUT2D eigenvalue weighted by Gasteiger charge is -2.40. The van der Waals surface area contributed by atoms with Crippen molar-refractivity contribution in [3.8, 4) is 18.1 Å². The Bertz CT molecular complexity index is 1370. The Morgan fingerprint density at radius 1 is 0.953 bits per heavy atom. The molecule has 0 bridgehead atoms. The third kappa shape index (κ3) is 7.13. The Kier molecular flexibility index (Phi) is 11.4. The highest BCUT2D eigenvalue weighted by Crippen LogP contribution is 2.45. The van der Waals surface area contributed by atoms with E-state index in [4.69, 9.17) is 39.1 Å². The smallest absolute Gasteiger partial charge is 0.262 e. The van der Waals surface area contributed by atoms with Crippen LogP contribution < -0.4 is 15.4 Å². The molecule has 43 heavy (non-hydrogen) atoms. The third-order valence-electron chi connectivity index (χ3n) is 7.98. The molecule has 2 aliphatic rings. The molecule has 2 N–H and O–H groups in total. The summed E-state index contributed by atoms with van der Waals surface area (Å²) in [5.41, 5.74) is 2.04. The van der Waals surface area contributed by atoms with Gasteiger partial charge in [0.1, 0.15) is 5.75 Å². The normalized spacial score (nSPS) is 22.1. The number of halogens is 3. The average Bonchev–Trinajstić information content (AvgIpc) is 3.42. The Labute approximate surface area is 270 Å². The second kappa shape index (κ2) is 14.8. The second-order valence-electron chi connectivity index (χ2n) is 10.5. The first kappa shape index (κ1) is 33.1. The summed E-state index contributed by atoms with van der Waals surface area (Å²) in [6.07, 6.45) is 5.75. The summed E-state index contributed by atoms with van der Waals surface area (Å²) >= 11 is 12.5. The van der Waals surface area contributed by atoms with Gasteiger partial charge in [-0.2, -0.15) is 0 Å². The Morgan fingerprint density at radius 2 is 1.51 bits per heavy atom. The van der Waals surface area contributed by atoms with Crippen molar-refractivity contribution in [2.75, 3.05) is 53.0 Å². The highest BCUT2D eigenvalue weighted by molar-refractivity contribution is 6.30. The number of piperazine rings is 1. The van der Waals surface area contributed by atoms with E-state index in [1.54, 1.807) is 7.11 Å². The van der Waals surface area contributed by atoms with E-state index in [2.05, 4.69) is 21.5 Å². The van der Waals surface area contributed by atoms with E-state index in [0.29, 0.717) is 53.2 Å². The molecule has 5 rings (SSSR count). The standard InChI is InChI=1S/C33H36Cl2N4O3.ClH/c1-4-23-6-15-28(29(22-23)42-5-2)33(32(40)39-18-16-38(17-19-39)20-21-41-3)36-30(24-7-11-26(34)12-8-24)31(37-33)25-9-13-27(35)14-10-25;/h1,6-15,22,30-31,36-37H,5,16-21H2,2-3H3;1H/t30-,31+,33?;. The molecular weight excluding hydrogens is 607 g/mol. The number of hydrogen-bond acceptors (Lipinski definition) is 6. The summed E-state index contributed by atoms with van der Waals surface area (Å²) in [4.78, 5) is 19.1. The van der Waals surface area contributed by atoms with E-state index < -0.39 is 5.66 Å². The van der Waals surface area contributed by atoms with Crippen LogP contribution in [0, 0.1) is 12.3 Å². The fraction of sp³-hybridized carbons (Fsp3) is 0.364. The maximum atomic E-state index is 14.8. The summed E-state index contributed by atoms with van der Waals surface area (Å²) in [5, 5.41) is 8.80. The van der Waals surface area contributed by atoms with E-state index in [1.165, 1.54) is 0 Å². The number of hydrogen-bond donors (Lipinski definition) is 2. The van der Waals surface area contributed by atoms with Crippen LogP contribution in [0.1, 0.15) is 41.3 Å². The number of methoxy groups -OCH3 is 1. The van der Waals surface area contributed by atoms with Crippen LogP contribution in [0.3, 0.4) is 0 Å². The maximum absolute atomic E-state index is 14.8. The topological polar surface area (TPSA) is 66.1 Å². The number of rotatable bonds is 9. The first-order valence-corrected chi connectivity index (χ1v) is 14.9. The van der Waals surface area contributed by atoms with Crippen molar-refractivity contribution < 1.29 is 14.3 Å². The minimum absolute atomic E-state index is 0. The van der Waals surface area contributed by atoms with Gasteiger partial charge in [-0.15, -0.1) is 18.8 Å². The molecule has 0 spiro atoms. The van der Waals surface area contributed by atoms with Crippen LogP contribution in [0.25, 0.3) is 0 Å². The van der Waals surface area contributed by atoms with Gasteiger partial charge in [-0.25, -0.2) is 0 Å². The van der Waals surface area contributed by atoms with Crippen LogP contribution in [0.2, 0.25) is 10.0 Å². The number of carbonyl (C=O) groups is 1. The van der Waals surface area contributed by atoms with Gasteiger partial charge in [-0.05, 0) is 54.4 Å². The van der Waals surface area contributed by atoms with Gasteiger partial charge in [0, 0.05) is 61.0 Å². The van der Waals surface area contributed by atoms with Gasteiger partial charge in [-0.1, -0.05) is 59.5 Å². The number of amides is 1. The number of benzene rings is 3. The van der Waals surface area contributed by atoms with Gasteiger partial charge < -0.3 is 14.4 Å². The summed E-state index contributed by atoms with van der Waals surface area (Å²) in [6.45, 7) is 6.55. The molecule has 3 atom stereocenters. The Morgan fingerprint density at radius 3 is 2.00 bits per heavy atom.